The van der Waals surface area contributed by atoms with Crippen LogP contribution in [0.1, 0.15) is 12.0 Å². The van der Waals surface area contributed by atoms with E-state index in [4.69, 9.17) is 23.2 Å². The molecular formula is C13H15Cl2N3O2. The van der Waals surface area contributed by atoms with E-state index in [0.29, 0.717) is 6.42 Å². The van der Waals surface area contributed by atoms with Crippen LogP contribution in [-0.4, -0.2) is 22.7 Å². The van der Waals surface area contributed by atoms with Crippen molar-refractivity contribution in [1.82, 2.24) is 10.9 Å². The summed E-state index contributed by atoms with van der Waals surface area (Å²) in [5.41, 5.74) is 6.58. The molecule has 3 N–H and O–H groups in total. The molecule has 0 unspecified atom stereocenters. The zero-order chi connectivity index (χ0) is 14.8. The van der Waals surface area contributed by atoms with Crippen molar-refractivity contribution in [2.24, 2.45) is 5.92 Å². The molecule has 0 saturated heterocycles. The largest absolute Gasteiger partial charge is 0.376 e. The van der Waals surface area contributed by atoms with Crippen molar-refractivity contribution < 1.29 is 9.59 Å². The molecule has 1 aliphatic carbocycles. The van der Waals surface area contributed by atoms with Crippen LogP contribution in [0.25, 0.3) is 0 Å². The molecular weight excluding hydrogens is 301 g/mol. The second kappa shape index (κ2) is 5.89. The first-order chi connectivity index (χ1) is 9.38. The number of hydrogen-bond donors (Lipinski definition) is 3. The predicted molar refractivity (Wildman–Crippen MR) is 78.5 cm³/mol. The molecule has 1 atom stereocenters. The van der Waals surface area contributed by atoms with Gasteiger partial charge in [-0.05, 0) is 25.5 Å². The smallest absolute Gasteiger partial charge is 0.257 e. The van der Waals surface area contributed by atoms with Gasteiger partial charge in [-0.1, -0.05) is 17.7 Å². The Balaban J connectivity index is 1.68. The molecule has 0 heterocycles. The number of hydrogen-bond acceptors (Lipinski definition) is 3. The Morgan fingerprint density at radius 3 is 2.40 bits per heavy atom. The lowest BCUT2D eigenvalue weighted by molar-refractivity contribution is -0.128. The second-order valence-corrected chi connectivity index (χ2v) is 6.32. The van der Waals surface area contributed by atoms with E-state index in [0.717, 1.165) is 11.3 Å². The van der Waals surface area contributed by atoms with Gasteiger partial charge in [0.15, 0.2) is 0 Å². The van der Waals surface area contributed by atoms with Gasteiger partial charge in [0.1, 0.15) is 4.33 Å². The zero-order valence-corrected chi connectivity index (χ0v) is 12.4. The highest BCUT2D eigenvalue weighted by Crippen LogP contribution is 2.53. The Morgan fingerprint density at radius 1 is 1.25 bits per heavy atom. The number of nitrogens with one attached hydrogen (secondary N) is 3. The standard InChI is InChI=1S/C13H15Cl2N3O2/c1-8-2-4-9(5-3-8)16-7-11(19)17-18-12(20)10-6-13(10,14)15/h2-5,10,16H,6-7H2,1H3,(H,17,19)(H,18,20)/t10-/m1/s1. The summed E-state index contributed by atoms with van der Waals surface area (Å²) in [6.07, 6.45) is 0.402. The van der Waals surface area contributed by atoms with E-state index >= 15 is 0 Å². The number of halogens is 2. The maximum atomic E-state index is 11.5. The van der Waals surface area contributed by atoms with Crippen LogP contribution < -0.4 is 16.2 Å². The molecule has 2 rings (SSSR count). The third-order valence-corrected chi connectivity index (χ3v) is 3.81. The maximum absolute atomic E-state index is 11.5. The fourth-order valence-corrected chi connectivity index (χ4v) is 2.12. The van der Waals surface area contributed by atoms with Crippen LogP contribution in [0.15, 0.2) is 24.3 Å². The number of hydrazine groups is 1. The van der Waals surface area contributed by atoms with Gasteiger partial charge in [0.2, 0.25) is 5.91 Å². The van der Waals surface area contributed by atoms with Crippen LogP contribution in [0.2, 0.25) is 0 Å². The van der Waals surface area contributed by atoms with Gasteiger partial charge in [-0.15, -0.1) is 23.2 Å². The van der Waals surface area contributed by atoms with Crippen molar-refractivity contribution in [2.45, 2.75) is 17.7 Å². The van der Waals surface area contributed by atoms with E-state index in [1.54, 1.807) is 0 Å². The lowest BCUT2D eigenvalue weighted by Gasteiger charge is -2.09. The molecule has 1 aromatic carbocycles. The number of carbonyl (C=O) groups excluding carboxylic acids is 2. The lowest BCUT2D eigenvalue weighted by atomic mass is 10.2. The van der Waals surface area contributed by atoms with E-state index < -0.39 is 10.3 Å². The summed E-state index contributed by atoms with van der Waals surface area (Å²) >= 11 is 11.5. The van der Waals surface area contributed by atoms with Crippen LogP contribution in [0, 0.1) is 12.8 Å². The van der Waals surface area contributed by atoms with Gasteiger partial charge in [0.05, 0.1) is 12.5 Å². The van der Waals surface area contributed by atoms with Crippen LogP contribution in [-0.2, 0) is 9.59 Å². The zero-order valence-electron chi connectivity index (χ0n) is 10.9. The molecule has 1 fully saturated rings. The minimum Gasteiger partial charge on any atom is -0.376 e. The molecule has 7 heteroatoms. The fraction of sp³-hybridized carbons (Fsp3) is 0.385. The Hall–Kier alpha value is -1.46. The molecule has 0 aliphatic heterocycles. The molecule has 2 amide bonds. The van der Waals surface area contributed by atoms with Gasteiger partial charge in [-0.2, -0.15) is 0 Å². The summed E-state index contributed by atoms with van der Waals surface area (Å²) < 4.78 is -0.991. The monoisotopic (exact) mass is 315 g/mol. The molecule has 20 heavy (non-hydrogen) atoms. The summed E-state index contributed by atoms with van der Waals surface area (Å²) in [7, 11) is 0. The van der Waals surface area contributed by atoms with Gasteiger partial charge in [-0.25, -0.2) is 0 Å². The van der Waals surface area contributed by atoms with Crippen LogP contribution >= 0.6 is 23.2 Å². The number of benzene rings is 1. The molecule has 0 spiro atoms. The number of anilines is 1. The van der Waals surface area contributed by atoms with Crippen molar-refractivity contribution in [3.63, 3.8) is 0 Å². The summed E-state index contributed by atoms with van der Waals surface area (Å²) in [4.78, 5) is 23.1. The van der Waals surface area contributed by atoms with Gasteiger partial charge in [0, 0.05) is 5.69 Å². The Bertz CT molecular complexity index is 517. The van der Waals surface area contributed by atoms with E-state index in [9.17, 15) is 9.59 Å². The number of alkyl halides is 2. The van der Waals surface area contributed by atoms with Crippen molar-refractivity contribution >= 4 is 40.7 Å². The average molecular weight is 316 g/mol. The predicted octanol–water partition coefficient (Wildman–Crippen LogP) is 1.75. The molecule has 0 bridgehead atoms. The van der Waals surface area contributed by atoms with Crippen molar-refractivity contribution in [1.29, 1.82) is 0 Å². The topological polar surface area (TPSA) is 70.2 Å². The second-order valence-electron chi connectivity index (χ2n) is 4.77. The van der Waals surface area contributed by atoms with E-state index in [1.165, 1.54) is 0 Å². The molecule has 5 nitrogen and oxygen atoms in total. The normalized spacial score (nSPS) is 19.1. The lowest BCUT2D eigenvalue weighted by Crippen LogP contribution is -2.45. The summed E-state index contributed by atoms with van der Waals surface area (Å²) in [5, 5.41) is 2.94. The van der Waals surface area contributed by atoms with Crippen LogP contribution in [0.3, 0.4) is 0 Å². The first kappa shape index (κ1) is 14.9. The number of rotatable bonds is 4. The summed E-state index contributed by atoms with van der Waals surface area (Å²) in [5.74, 6) is -1.19. The summed E-state index contributed by atoms with van der Waals surface area (Å²) in [6, 6.07) is 7.63. The Labute approximate surface area is 127 Å². The van der Waals surface area contributed by atoms with Crippen molar-refractivity contribution in [3.8, 4) is 0 Å². The fourth-order valence-electron chi connectivity index (χ4n) is 1.61. The molecule has 0 aromatic heterocycles. The van der Waals surface area contributed by atoms with Crippen LogP contribution in [0.4, 0.5) is 5.69 Å². The van der Waals surface area contributed by atoms with E-state index in [-0.39, 0.29) is 18.4 Å². The number of carbonyl (C=O) groups is 2. The average Bonchev–Trinajstić information content (AvgIpc) is 3.04. The third-order valence-electron chi connectivity index (χ3n) is 2.97. The number of amides is 2. The summed E-state index contributed by atoms with van der Waals surface area (Å²) in [6.45, 7) is 2.04. The van der Waals surface area contributed by atoms with Crippen LogP contribution in [0.5, 0.6) is 0 Å². The van der Waals surface area contributed by atoms with Gasteiger partial charge >= 0.3 is 0 Å². The highest BCUT2D eigenvalue weighted by atomic mass is 35.5. The van der Waals surface area contributed by atoms with E-state index in [1.807, 2.05) is 31.2 Å². The molecule has 0 radical (unpaired) electrons. The highest BCUT2D eigenvalue weighted by molar-refractivity contribution is 6.52. The first-order valence-electron chi connectivity index (χ1n) is 6.15. The van der Waals surface area contributed by atoms with E-state index in [2.05, 4.69) is 16.2 Å². The minimum atomic E-state index is -0.991. The van der Waals surface area contributed by atoms with Gasteiger partial charge in [-0.3, -0.25) is 20.4 Å². The molecule has 1 aromatic rings. The Kier molecular flexibility index (Phi) is 4.40. The highest BCUT2D eigenvalue weighted by Gasteiger charge is 2.56. The van der Waals surface area contributed by atoms with Gasteiger partial charge in [0.25, 0.3) is 5.91 Å². The Morgan fingerprint density at radius 2 is 1.85 bits per heavy atom. The minimum absolute atomic E-state index is 0.0564. The third kappa shape index (κ3) is 4.02. The molecule has 108 valence electrons. The SMILES string of the molecule is Cc1ccc(NCC(=O)NNC(=O)[C@H]2CC2(Cl)Cl)cc1. The molecule has 1 aliphatic rings. The van der Waals surface area contributed by atoms with Gasteiger partial charge < -0.3 is 5.32 Å². The maximum Gasteiger partial charge on any atom is 0.257 e. The van der Waals surface area contributed by atoms with Crippen molar-refractivity contribution in [2.75, 3.05) is 11.9 Å². The molecule has 1 saturated carbocycles. The van der Waals surface area contributed by atoms with Crippen molar-refractivity contribution in [3.05, 3.63) is 29.8 Å². The quantitative estimate of drug-likeness (QED) is 0.585. The first-order valence-corrected chi connectivity index (χ1v) is 6.91. The number of aryl methyl sites for hydroxylation is 1.